The highest BCUT2D eigenvalue weighted by Crippen LogP contribution is 2.27. The van der Waals surface area contributed by atoms with Gasteiger partial charge in [-0.25, -0.2) is 8.78 Å². The van der Waals surface area contributed by atoms with E-state index in [-0.39, 0.29) is 24.4 Å². The lowest BCUT2D eigenvalue weighted by Crippen LogP contribution is -2.36. The molecular formula is C15H19F2NO2. The summed E-state index contributed by atoms with van der Waals surface area (Å²) < 4.78 is 26.8. The lowest BCUT2D eigenvalue weighted by Gasteiger charge is -2.18. The van der Waals surface area contributed by atoms with E-state index in [2.05, 4.69) is 5.32 Å². The summed E-state index contributed by atoms with van der Waals surface area (Å²) in [6.45, 7) is 0.138. The molecule has 3 nitrogen and oxygen atoms in total. The van der Waals surface area contributed by atoms with Crippen molar-refractivity contribution in [3.05, 3.63) is 35.4 Å². The van der Waals surface area contributed by atoms with Gasteiger partial charge in [-0.15, -0.1) is 0 Å². The first-order chi connectivity index (χ1) is 9.58. The second kappa shape index (κ2) is 6.79. The number of nitrogens with one attached hydrogen (secondary N) is 1. The van der Waals surface area contributed by atoms with Crippen molar-refractivity contribution < 1.29 is 18.7 Å². The van der Waals surface area contributed by atoms with Crippen LogP contribution in [0.15, 0.2) is 18.2 Å². The van der Waals surface area contributed by atoms with Gasteiger partial charge in [-0.05, 0) is 30.9 Å². The van der Waals surface area contributed by atoms with Crippen LogP contribution >= 0.6 is 0 Å². The molecule has 20 heavy (non-hydrogen) atoms. The zero-order valence-corrected chi connectivity index (χ0v) is 11.2. The number of hydrogen-bond acceptors (Lipinski definition) is 2. The van der Waals surface area contributed by atoms with Crippen LogP contribution in [0, 0.1) is 17.6 Å². The molecule has 0 aromatic heterocycles. The number of rotatable bonds is 5. The minimum atomic E-state index is -0.725. The average molecular weight is 283 g/mol. The van der Waals surface area contributed by atoms with E-state index in [9.17, 15) is 18.7 Å². The van der Waals surface area contributed by atoms with Crippen molar-refractivity contribution in [3.8, 4) is 0 Å². The third kappa shape index (κ3) is 3.76. The van der Waals surface area contributed by atoms with Crippen LogP contribution in [0.4, 0.5) is 8.78 Å². The summed E-state index contributed by atoms with van der Waals surface area (Å²) in [5, 5.41) is 12.5. The first-order valence-electron chi connectivity index (χ1n) is 6.95. The molecule has 1 aromatic carbocycles. The molecule has 0 spiro atoms. The highest BCUT2D eigenvalue weighted by molar-refractivity contribution is 5.78. The van der Waals surface area contributed by atoms with Gasteiger partial charge in [-0.3, -0.25) is 4.79 Å². The summed E-state index contributed by atoms with van der Waals surface area (Å²) in [7, 11) is 0. The van der Waals surface area contributed by atoms with Gasteiger partial charge in [0, 0.05) is 12.1 Å². The molecule has 110 valence electrons. The number of hydrogen-bond donors (Lipinski definition) is 2. The number of carbonyl (C=O) groups excluding carboxylic acids is 1. The van der Waals surface area contributed by atoms with E-state index in [4.69, 9.17) is 0 Å². The Morgan fingerprint density at radius 1 is 1.30 bits per heavy atom. The maximum absolute atomic E-state index is 13.4. The molecule has 2 N–H and O–H groups in total. The van der Waals surface area contributed by atoms with Crippen LogP contribution in [0.2, 0.25) is 0 Å². The van der Waals surface area contributed by atoms with Crippen LogP contribution in [0.3, 0.4) is 0 Å². The summed E-state index contributed by atoms with van der Waals surface area (Å²) in [5.74, 6) is -1.71. The molecule has 1 saturated carbocycles. The van der Waals surface area contributed by atoms with Crippen LogP contribution in [0.25, 0.3) is 0 Å². The van der Waals surface area contributed by atoms with Gasteiger partial charge in [0.2, 0.25) is 5.91 Å². The summed E-state index contributed by atoms with van der Waals surface area (Å²) in [6.07, 6.45) is 3.23. The van der Waals surface area contributed by atoms with Crippen molar-refractivity contribution in [3.63, 3.8) is 0 Å². The van der Waals surface area contributed by atoms with Gasteiger partial charge in [0.25, 0.3) is 0 Å². The molecule has 0 radical (unpaired) electrons. The topological polar surface area (TPSA) is 49.3 Å². The Morgan fingerprint density at radius 2 is 1.90 bits per heavy atom. The van der Waals surface area contributed by atoms with Gasteiger partial charge < -0.3 is 10.4 Å². The summed E-state index contributed by atoms with van der Waals surface area (Å²) in [6, 6.07) is 3.51. The Balaban J connectivity index is 1.83. The van der Waals surface area contributed by atoms with E-state index in [1.54, 1.807) is 0 Å². The predicted molar refractivity (Wildman–Crippen MR) is 71.0 cm³/mol. The number of aliphatic hydroxyl groups is 1. The second-order valence-electron chi connectivity index (χ2n) is 5.29. The standard InChI is InChI=1S/C15H19F2NO2/c16-12-6-3-7-13(17)11(12)8-15(20)18-9-14(19)10-4-1-2-5-10/h3,6-7,10,14,19H,1-2,4-5,8-9H2,(H,18,20). The Kier molecular flexibility index (Phi) is 5.06. The van der Waals surface area contributed by atoms with E-state index in [0.29, 0.717) is 0 Å². The molecule has 0 saturated heterocycles. The number of benzene rings is 1. The zero-order chi connectivity index (χ0) is 14.5. The monoisotopic (exact) mass is 283 g/mol. The van der Waals surface area contributed by atoms with Crippen molar-refractivity contribution in [2.75, 3.05) is 6.54 Å². The molecule has 1 fully saturated rings. The third-order valence-corrected chi connectivity index (χ3v) is 3.85. The number of aliphatic hydroxyl groups excluding tert-OH is 1. The quantitative estimate of drug-likeness (QED) is 0.870. The van der Waals surface area contributed by atoms with Crippen LogP contribution in [0.5, 0.6) is 0 Å². The molecule has 1 amide bonds. The van der Waals surface area contributed by atoms with Crippen molar-refractivity contribution in [1.82, 2.24) is 5.32 Å². The molecule has 1 atom stereocenters. The van der Waals surface area contributed by atoms with E-state index in [1.807, 2.05) is 0 Å². The normalized spacial score (nSPS) is 17.1. The highest BCUT2D eigenvalue weighted by Gasteiger charge is 2.23. The van der Waals surface area contributed by atoms with Gasteiger partial charge in [-0.2, -0.15) is 0 Å². The summed E-state index contributed by atoms with van der Waals surface area (Å²) in [5.41, 5.74) is -0.236. The summed E-state index contributed by atoms with van der Waals surface area (Å²) >= 11 is 0. The Labute approximate surface area is 117 Å². The Bertz CT molecular complexity index is 453. The van der Waals surface area contributed by atoms with E-state index in [0.717, 1.165) is 37.8 Å². The highest BCUT2D eigenvalue weighted by atomic mass is 19.1. The Hall–Kier alpha value is -1.49. The minimum Gasteiger partial charge on any atom is -0.391 e. The molecule has 5 heteroatoms. The largest absolute Gasteiger partial charge is 0.391 e. The van der Waals surface area contributed by atoms with E-state index in [1.165, 1.54) is 6.07 Å². The Morgan fingerprint density at radius 3 is 2.50 bits per heavy atom. The van der Waals surface area contributed by atoms with Crippen LogP contribution in [-0.4, -0.2) is 23.7 Å². The van der Waals surface area contributed by atoms with Gasteiger partial charge in [0.15, 0.2) is 0 Å². The lowest BCUT2D eigenvalue weighted by atomic mass is 10.0. The van der Waals surface area contributed by atoms with Crippen molar-refractivity contribution in [2.24, 2.45) is 5.92 Å². The first kappa shape index (κ1) is 14.9. The summed E-state index contributed by atoms with van der Waals surface area (Å²) in [4.78, 5) is 11.7. The number of carbonyl (C=O) groups is 1. The van der Waals surface area contributed by atoms with Gasteiger partial charge in [0.1, 0.15) is 11.6 Å². The predicted octanol–water partition coefficient (Wildman–Crippen LogP) is 2.17. The van der Waals surface area contributed by atoms with E-state index < -0.39 is 23.6 Å². The molecule has 0 heterocycles. The molecule has 0 aliphatic heterocycles. The number of amides is 1. The lowest BCUT2D eigenvalue weighted by molar-refractivity contribution is -0.121. The third-order valence-electron chi connectivity index (χ3n) is 3.85. The van der Waals surface area contributed by atoms with Crippen molar-refractivity contribution in [1.29, 1.82) is 0 Å². The van der Waals surface area contributed by atoms with Crippen LogP contribution in [0.1, 0.15) is 31.2 Å². The van der Waals surface area contributed by atoms with Gasteiger partial charge in [0.05, 0.1) is 12.5 Å². The smallest absolute Gasteiger partial charge is 0.224 e. The van der Waals surface area contributed by atoms with Crippen LogP contribution < -0.4 is 5.32 Å². The fourth-order valence-electron chi connectivity index (χ4n) is 2.65. The molecule has 0 bridgehead atoms. The number of halogens is 2. The van der Waals surface area contributed by atoms with Crippen molar-refractivity contribution in [2.45, 2.75) is 38.2 Å². The van der Waals surface area contributed by atoms with Gasteiger partial charge >= 0.3 is 0 Å². The van der Waals surface area contributed by atoms with E-state index >= 15 is 0 Å². The molecule has 1 aliphatic carbocycles. The van der Waals surface area contributed by atoms with Crippen LogP contribution in [-0.2, 0) is 11.2 Å². The molecule has 2 rings (SSSR count). The first-order valence-corrected chi connectivity index (χ1v) is 6.95. The maximum atomic E-state index is 13.4. The SMILES string of the molecule is O=C(Cc1c(F)cccc1F)NCC(O)C1CCCC1. The molecular weight excluding hydrogens is 264 g/mol. The second-order valence-corrected chi connectivity index (χ2v) is 5.29. The fraction of sp³-hybridized carbons (Fsp3) is 0.533. The maximum Gasteiger partial charge on any atom is 0.224 e. The fourth-order valence-corrected chi connectivity index (χ4v) is 2.65. The van der Waals surface area contributed by atoms with Crippen molar-refractivity contribution >= 4 is 5.91 Å². The zero-order valence-electron chi connectivity index (χ0n) is 11.2. The molecule has 1 aliphatic rings. The minimum absolute atomic E-state index is 0.138. The average Bonchev–Trinajstić information content (AvgIpc) is 2.94. The van der Waals surface area contributed by atoms with Gasteiger partial charge in [-0.1, -0.05) is 18.9 Å². The molecule has 1 aromatic rings. The molecule has 1 unspecified atom stereocenters.